The number of rotatable bonds is 9. The van der Waals surface area contributed by atoms with Crippen LogP contribution in [0.15, 0.2) is 24.5 Å². The van der Waals surface area contributed by atoms with Crippen LogP contribution in [0.4, 0.5) is 0 Å². The Morgan fingerprint density at radius 3 is 2.84 bits per heavy atom. The van der Waals surface area contributed by atoms with Gasteiger partial charge in [0.1, 0.15) is 5.75 Å². The van der Waals surface area contributed by atoms with Gasteiger partial charge in [0.2, 0.25) is 0 Å². The molecule has 19 heavy (non-hydrogen) atoms. The zero-order valence-electron chi connectivity index (χ0n) is 10.7. The number of ether oxygens (including phenoxy) is 1. The lowest BCUT2D eigenvalue weighted by Gasteiger charge is -2.06. The predicted octanol–water partition coefficient (Wildman–Crippen LogP) is 1.22. The van der Waals surface area contributed by atoms with Crippen molar-refractivity contribution in [2.24, 2.45) is 0 Å². The molecule has 0 saturated carbocycles. The Balaban J connectivity index is 2.01. The van der Waals surface area contributed by atoms with Gasteiger partial charge in [-0.25, -0.2) is 0 Å². The first kappa shape index (κ1) is 14.9. The van der Waals surface area contributed by atoms with Gasteiger partial charge in [0.25, 0.3) is 5.91 Å². The summed E-state index contributed by atoms with van der Waals surface area (Å²) in [5.74, 6) is -0.421. The molecular formula is C13H18N2O4. The van der Waals surface area contributed by atoms with Crippen molar-refractivity contribution in [3.8, 4) is 5.75 Å². The molecule has 0 bridgehead atoms. The van der Waals surface area contributed by atoms with Crippen molar-refractivity contribution >= 4 is 11.9 Å². The number of unbranched alkanes of at least 4 members (excludes halogenated alkanes) is 2. The van der Waals surface area contributed by atoms with E-state index in [2.05, 4.69) is 10.3 Å². The van der Waals surface area contributed by atoms with Gasteiger partial charge in [0.05, 0.1) is 6.20 Å². The summed E-state index contributed by atoms with van der Waals surface area (Å²) in [5, 5.41) is 11.2. The summed E-state index contributed by atoms with van der Waals surface area (Å²) in [5.41, 5.74) is 0. The van der Waals surface area contributed by atoms with Crippen LogP contribution in [0.5, 0.6) is 5.75 Å². The summed E-state index contributed by atoms with van der Waals surface area (Å²) < 4.78 is 5.23. The monoisotopic (exact) mass is 266 g/mol. The first-order chi connectivity index (χ1) is 9.18. The summed E-state index contributed by atoms with van der Waals surface area (Å²) in [4.78, 5) is 25.5. The van der Waals surface area contributed by atoms with Crippen LogP contribution < -0.4 is 10.1 Å². The van der Waals surface area contributed by atoms with Gasteiger partial charge < -0.3 is 15.2 Å². The van der Waals surface area contributed by atoms with Crippen molar-refractivity contribution in [3.63, 3.8) is 0 Å². The number of hydrogen-bond donors (Lipinski definition) is 2. The van der Waals surface area contributed by atoms with Crippen LogP contribution in [0, 0.1) is 0 Å². The second kappa shape index (κ2) is 8.91. The van der Waals surface area contributed by atoms with Crippen molar-refractivity contribution in [1.82, 2.24) is 10.3 Å². The van der Waals surface area contributed by atoms with E-state index in [-0.39, 0.29) is 18.9 Å². The minimum absolute atomic E-state index is 0.0409. The molecule has 1 heterocycles. The van der Waals surface area contributed by atoms with Crippen LogP contribution in [-0.2, 0) is 9.59 Å². The first-order valence-electron chi connectivity index (χ1n) is 6.20. The SMILES string of the molecule is O=C(O)CCCCCNC(=O)COc1cccnc1. The number of carbonyl (C=O) groups is 2. The van der Waals surface area contributed by atoms with Crippen LogP contribution in [0.25, 0.3) is 0 Å². The minimum Gasteiger partial charge on any atom is -0.482 e. The number of aromatic nitrogens is 1. The Bertz CT molecular complexity index is 395. The number of carboxylic acids is 1. The number of amides is 1. The molecule has 1 amide bonds. The van der Waals surface area contributed by atoms with Crippen molar-refractivity contribution < 1.29 is 19.4 Å². The molecule has 0 spiro atoms. The van der Waals surface area contributed by atoms with Gasteiger partial charge in [0, 0.05) is 19.2 Å². The van der Waals surface area contributed by atoms with Gasteiger partial charge in [0.15, 0.2) is 6.61 Å². The van der Waals surface area contributed by atoms with Crippen LogP contribution in [0.3, 0.4) is 0 Å². The summed E-state index contributed by atoms with van der Waals surface area (Å²) in [6.07, 6.45) is 5.54. The number of carbonyl (C=O) groups excluding carboxylic acids is 1. The molecule has 0 fully saturated rings. The van der Waals surface area contributed by atoms with Crippen molar-refractivity contribution in [1.29, 1.82) is 0 Å². The average Bonchev–Trinajstić information content (AvgIpc) is 2.41. The maximum absolute atomic E-state index is 11.4. The van der Waals surface area contributed by atoms with Crippen LogP contribution in [0.1, 0.15) is 25.7 Å². The highest BCUT2D eigenvalue weighted by molar-refractivity contribution is 5.77. The molecule has 0 aliphatic carbocycles. The lowest BCUT2D eigenvalue weighted by atomic mass is 10.2. The van der Waals surface area contributed by atoms with E-state index in [4.69, 9.17) is 9.84 Å². The van der Waals surface area contributed by atoms with Crippen molar-refractivity contribution in [2.75, 3.05) is 13.2 Å². The molecule has 0 aromatic carbocycles. The lowest BCUT2D eigenvalue weighted by molar-refractivity contribution is -0.137. The van der Waals surface area contributed by atoms with E-state index in [9.17, 15) is 9.59 Å². The maximum atomic E-state index is 11.4. The third-order valence-corrected chi connectivity index (χ3v) is 2.39. The smallest absolute Gasteiger partial charge is 0.303 e. The maximum Gasteiger partial charge on any atom is 0.303 e. The Labute approximate surface area is 111 Å². The topological polar surface area (TPSA) is 88.5 Å². The van der Waals surface area contributed by atoms with E-state index in [1.807, 2.05) is 0 Å². The average molecular weight is 266 g/mol. The van der Waals surface area contributed by atoms with E-state index in [1.54, 1.807) is 24.5 Å². The Kier molecular flexibility index (Phi) is 7.01. The number of hydrogen-bond acceptors (Lipinski definition) is 4. The van der Waals surface area contributed by atoms with E-state index in [0.29, 0.717) is 18.7 Å². The molecule has 104 valence electrons. The highest BCUT2D eigenvalue weighted by Gasteiger charge is 2.02. The standard InChI is InChI=1S/C13H18N2O4/c16-12(10-19-11-5-4-7-14-9-11)15-8-3-1-2-6-13(17)18/h4-5,7,9H,1-3,6,8,10H2,(H,15,16)(H,17,18). The number of pyridine rings is 1. The molecule has 0 aliphatic rings. The number of nitrogens with zero attached hydrogens (tertiary/aromatic N) is 1. The predicted molar refractivity (Wildman–Crippen MR) is 68.8 cm³/mol. The summed E-state index contributed by atoms with van der Waals surface area (Å²) >= 11 is 0. The zero-order chi connectivity index (χ0) is 13.9. The minimum atomic E-state index is -0.783. The fourth-order valence-electron chi connectivity index (χ4n) is 1.44. The lowest BCUT2D eigenvalue weighted by Crippen LogP contribution is -2.29. The van der Waals surface area contributed by atoms with Gasteiger partial charge >= 0.3 is 5.97 Å². The van der Waals surface area contributed by atoms with Gasteiger partial charge in [-0.05, 0) is 25.0 Å². The number of aliphatic carboxylic acids is 1. The quantitative estimate of drug-likeness (QED) is 0.656. The zero-order valence-corrected chi connectivity index (χ0v) is 10.7. The molecule has 0 saturated heterocycles. The van der Waals surface area contributed by atoms with Gasteiger partial charge in [-0.2, -0.15) is 0 Å². The Morgan fingerprint density at radius 1 is 1.32 bits per heavy atom. The summed E-state index contributed by atoms with van der Waals surface area (Å²) in [6, 6.07) is 3.46. The molecule has 6 nitrogen and oxygen atoms in total. The van der Waals surface area contributed by atoms with E-state index < -0.39 is 5.97 Å². The molecule has 0 radical (unpaired) electrons. The summed E-state index contributed by atoms with van der Waals surface area (Å²) in [6.45, 7) is 0.496. The molecule has 1 aromatic heterocycles. The van der Waals surface area contributed by atoms with Crippen molar-refractivity contribution in [3.05, 3.63) is 24.5 Å². The molecule has 0 aliphatic heterocycles. The first-order valence-corrected chi connectivity index (χ1v) is 6.20. The normalized spacial score (nSPS) is 9.89. The molecule has 1 aromatic rings. The van der Waals surface area contributed by atoms with Crippen LogP contribution in [0.2, 0.25) is 0 Å². The fraction of sp³-hybridized carbons (Fsp3) is 0.462. The van der Waals surface area contributed by atoms with E-state index in [1.165, 1.54) is 0 Å². The number of carboxylic acid groups (broad SMARTS) is 1. The molecular weight excluding hydrogens is 248 g/mol. The van der Waals surface area contributed by atoms with Crippen LogP contribution >= 0.6 is 0 Å². The molecule has 6 heteroatoms. The van der Waals surface area contributed by atoms with Gasteiger partial charge in [-0.3, -0.25) is 14.6 Å². The van der Waals surface area contributed by atoms with E-state index >= 15 is 0 Å². The fourth-order valence-corrected chi connectivity index (χ4v) is 1.44. The second-order valence-corrected chi connectivity index (χ2v) is 4.03. The van der Waals surface area contributed by atoms with Crippen molar-refractivity contribution in [2.45, 2.75) is 25.7 Å². The van der Waals surface area contributed by atoms with Gasteiger partial charge in [-0.1, -0.05) is 6.42 Å². The second-order valence-electron chi connectivity index (χ2n) is 4.03. The Morgan fingerprint density at radius 2 is 2.16 bits per heavy atom. The molecule has 1 rings (SSSR count). The number of nitrogens with one attached hydrogen (secondary N) is 1. The molecule has 0 atom stereocenters. The van der Waals surface area contributed by atoms with E-state index in [0.717, 1.165) is 12.8 Å². The van der Waals surface area contributed by atoms with Gasteiger partial charge in [-0.15, -0.1) is 0 Å². The highest BCUT2D eigenvalue weighted by Crippen LogP contribution is 2.05. The highest BCUT2D eigenvalue weighted by atomic mass is 16.5. The summed E-state index contributed by atoms with van der Waals surface area (Å²) in [7, 11) is 0. The third kappa shape index (κ3) is 7.75. The van der Waals surface area contributed by atoms with Crippen LogP contribution in [-0.4, -0.2) is 35.1 Å². The molecule has 2 N–H and O–H groups in total. The largest absolute Gasteiger partial charge is 0.482 e. The third-order valence-electron chi connectivity index (χ3n) is 2.39. The Hall–Kier alpha value is -2.11. The molecule has 0 unspecified atom stereocenters.